The number of hydrogen-bond acceptors (Lipinski definition) is 5. The number of esters is 1. The number of amides is 1. The number of Topliss-reactive ketones (excluding diaryl/α,β-unsaturated/α-hetero) is 1. The van der Waals surface area contributed by atoms with E-state index in [0.717, 1.165) is 32.4 Å². The molecule has 1 amide bonds. The molecule has 1 saturated heterocycles. The predicted molar refractivity (Wildman–Crippen MR) is 105 cm³/mol. The van der Waals surface area contributed by atoms with E-state index in [4.69, 9.17) is 4.74 Å². The number of benzene rings is 1. The Bertz CT molecular complexity index is 711. The van der Waals surface area contributed by atoms with Crippen molar-refractivity contribution in [2.45, 2.75) is 32.1 Å². The summed E-state index contributed by atoms with van der Waals surface area (Å²) in [6.07, 6.45) is 4.06. The molecule has 3 aliphatic rings. The average Bonchev–Trinajstić information content (AvgIpc) is 2.72. The maximum Gasteiger partial charge on any atom is 0.309 e. The van der Waals surface area contributed by atoms with Crippen LogP contribution in [0.4, 0.5) is 5.69 Å². The van der Waals surface area contributed by atoms with Crippen molar-refractivity contribution in [1.82, 2.24) is 4.90 Å². The largest absolute Gasteiger partial charge is 0.455 e. The predicted octanol–water partition coefficient (Wildman–Crippen LogP) is 2.27. The number of carbonyl (C=O) groups is 3. The SMILES string of the molecule is O=C(OCC(=O)N1CCN(c2ccccc2)CC1)C1CC2CCCC(C1)C2=O. The first-order valence-electron chi connectivity index (χ1n) is 10.4. The lowest BCUT2D eigenvalue weighted by molar-refractivity contribution is -0.159. The van der Waals surface area contributed by atoms with Crippen molar-refractivity contribution in [1.29, 1.82) is 0 Å². The second kappa shape index (κ2) is 8.33. The Kier molecular flexibility index (Phi) is 5.64. The summed E-state index contributed by atoms with van der Waals surface area (Å²) in [7, 11) is 0. The molecule has 0 N–H and O–H groups in total. The fraction of sp³-hybridized carbons (Fsp3) is 0.591. The number of carbonyl (C=O) groups excluding carboxylic acids is 3. The highest BCUT2D eigenvalue weighted by Gasteiger charge is 2.42. The number of rotatable bonds is 4. The van der Waals surface area contributed by atoms with Gasteiger partial charge in [-0.25, -0.2) is 0 Å². The summed E-state index contributed by atoms with van der Waals surface area (Å²) in [6, 6.07) is 10.2. The maximum atomic E-state index is 12.5. The zero-order valence-electron chi connectivity index (χ0n) is 16.2. The summed E-state index contributed by atoms with van der Waals surface area (Å²) < 4.78 is 5.35. The zero-order valence-corrected chi connectivity index (χ0v) is 16.2. The van der Waals surface area contributed by atoms with E-state index in [1.165, 1.54) is 5.69 Å². The van der Waals surface area contributed by atoms with Gasteiger partial charge in [0.2, 0.25) is 0 Å². The van der Waals surface area contributed by atoms with Gasteiger partial charge in [0.25, 0.3) is 5.91 Å². The van der Waals surface area contributed by atoms with Crippen LogP contribution in [0.2, 0.25) is 0 Å². The lowest BCUT2D eigenvalue weighted by atomic mass is 9.67. The van der Waals surface area contributed by atoms with Gasteiger partial charge in [-0.15, -0.1) is 0 Å². The fourth-order valence-corrected chi connectivity index (χ4v) is 4.87. The van der Waals surface area contributed by atoms with E-state index in [1.54, 1.807) is 4.90 Å². The van der Waals surface area contributed by atoms with Crippen LogP contribution in [0.1, 0.15) is 32.1 Å². The first-order valence-corrected chi connectivity index (χ1v) is 10.4. The van der Waals surface area contributed by atoms with Crippen LogP contribution >= 0.6 is 0 Å². The normalized spacial score (nSPS) is 27.4. The van der Waals surface area contributed by atoms with E-state index in [9.17, 15) is 14.4 Å². The summed E-state index contributed by atoms with van der Waals surface area (Å²) in [5.74, 6) is -0.286. The molecule has 0 spiro atoms. The molecule has 1 heterocycles. The topological polar surface area (TPSA) is 66.9 Å². The standard InChI is InChI=1S/C22H28N2O4/c25-20(24-11-9-23(10-12-24)19-7-2-1-3-8-19)15-28-22(27)18-13-16-5-4-6-17(14-18)21(16)26/h1-3,7-8,16-18H,4-6,9-15H2. The van der Waals surface area contributed by atoms with Gasteiger partial charge in [0, 0.05) is 43.7 Å². The summed E-state index contributed by atoms with van der Waals surface area (Å²) in [5.41, 5.74) is 1.17. The molecule has 3 fully saturated rings. The summed E-state index contributed by atoms with van der Waals surface area (Å²) in [4.78, 5) is 41.1. The van der Waals surface area contributed by atoms with Gasteiger partial charge in [-0.1, -0.05) is 24.6 Å². The Hall–Kier alpha value is -2.37. The minimum Gasteiger partial charge on any atom is -0.455 e. The molecular formula is C22H28N2O4. The van der Waals surface area contributed by atoms with Crippen molar-refractivity contribution < 1.29 is 19.1 Å². The number of para-hydroxylation sites is 1. The minimum absolute atomic E-state index is 0.0202. The van der Waals surface area contributed by atoms with Gasteiger partial charge in [-0.2, -0.15) is 0 Å². The molecule has 6 heteroatoms. The lowest BCUT2D eigenvalue weighted by Gasteiger charge is -2.37. The number of nitrogens with zero attached hydrogens (tertiary/aromatic N) is 2. The molecule has 4 rings (SSSR count). The molecule has 0 aromatic heterocycles. The second-order valence-corrected chi connectivity index (χ2v) is 8.21. The van der Waals surface area contributed by atoms with Crippen LogP contribution in [0.5, 0.6) is 0 Å². The van der Waals surface area contributed by atoms with Crippen LogP contribution in [0.3, 0.4) is 0 Å². The molecule has 1 aromatic carbocycles. The minimum atomic E-state index is -0.305. The Morgan fingerprint density at radius 1 is 0.964 bits per heavy atom. The molecule has 1 aromatic rings. The van der Waals surface area contributed by atoms with Crippen LogP contribution < -0.4 is 4.90 Å². The Labute approximate surface area is 165 Å². The van der Waals surface area contributed by atoms with Crippen molar-refractivity contribution in [3.63, 3.8) is 0 Å². The van der Waals surface area contributed by atoms with E-state index in [0.29, 0.717) is 31.7 Å². The van der Waals surface area contributed by atoms with Crippen LogP contribution in [0, 0.1) is 17.8 Å². The summed E-state index contributed by atoms with van der Waals surface area (Å²) in [6.45, 7) is 2.63. The van der Waals surface area contributed by atoms with Crippen LogP contribution in [-0.4, -0.2) is 55.3 Å². The number of piperazine rings is 1. The van der Waals surface area contributed by atoms with Crippen molar-refractivity contribution >= 4 is 23.3 Å². The molecule has 28 heavy (non-hydrogen) atoms. The number of ether oxygens (including phenoxy) is 1. The van der Waals surface area contributed by atoms with Crippen molar-refractivity contribution in [3.8, 4) is 0 Å². The van der Waals surface area contributed by atoms with E-state index in [2.05, 4.69) is 17.0 Å². The third kappa shape index (κ3) is 4.05. The molecule has 2 bridgehead atoms. The Morgan fingerprint density at radius 2 is 1.61 bits per heavy atom. The van der Waals surface area contributed by atoms with Crippen molar-refractivity contribution in [3.05, 3.63) is 30.3 Å². The molecule has 0 radical (unpaired) electrons. The highest BCUT2D eigenvalue weighted by atomic mass is 16.5. The number of anilines is 1. The highest BCUT2D eigenvalue weighted by Crippen LogP contribution is 2.40. The van der Waals surface area contributed by atoms with Crippen molar-refractivity contribution in [2.75, 3.05) is 37.7 Å². The van der Waals surface area contributed by atoms with Gasteiger partial charge in [0.15, 0.2) is 6.61 Å². The molecule has 2 atom stereocenters. The quantitative estimate of drug-likeness (QED) is 0.745. The maximum absolute atomic E-state index is 12.5. The molecule has 1 aliphatic heterocycles. The fourth-order valence-electron chi connectivity index (χ4n) is 4.87. The molecule has 2 saturated carbocycles. The summed E-state index contributed by atoms with van der Waals surface area (Å²) >= 11 is 0. The van der Waals surface area contributed by atoms with E-state index < -0.39 is 0 Å². The van der Waals surface area contributed by atoms with E-state index in [-0.39, 0.29) is 36.2 Å². The zero-order chi connectivity index (χ0) is 19.5. The monoisotopic (exact) mass is 384 g/mol. The smallest absolute Gasteiger partial charge is 0.309 e. The number of hydrogen-bond donors (Lipinski definition) is 0. The second-order valence-electron chi connectivity index (χ2n) is 8.21. The van der Waals surface area contributed by atoms with Crippen LogP contribution in [0.25, 0.3) is 0 Å². The molecular weight excluding hydrogens is 356 g/mol. The third-order valence-corrected chi connectivity index (χ3v) is 6.47. The van der Waals surface area contributed by atoms with Gasteiger partial charge in [-0.05, 0) is 37.8 Å². The van der Waals surface area contributed by atoms with Gasteiger partial charge in [0.1, 0.15) is 5.78 Å². The Morgan fingerprint density at radius 3 is 2.25 bits per heavy atom. The van der Waals surface area contributed by atoms with E-state index in [1.807, 2.05) is 18.2 Å². The first-order chi connectivity index (χ1) is 13.6. The molecule has 2 unspecified atom stereocenters. The lowest BCUT2D eigenvalue weighted by Crippen LogP contribution is -2.50. The number of ketones is 1. The van der Waals surface area contributed by atoms with Gasteiger partial charge in [0.05, 0.1) is 5.92 Å². The molecule has 6 nitrogen and oxygen atoms in total. The molecule has 150 valence electrons. The Balaban J connectivity index is 1.23. The van der Waals surface area contributed by atoms with Crippen LogP contribution in [0.15, 0.2) is 30.3 Å². The third-order valence-electron chi connectivity index (χ3n) is 6.47. The molecule has 2 aliphatic carbocycles. The van der Waals surface area contributed by atoms with Gasteiger partial charge >= 0.3 is 5.97 Å². The van der Waals surface area contributed by atoms with E-state index >= 15 is 0 Å². The highest BCUT2D eigenvalue weighted by molar-refractivity contribution is 5.88. The van der Waals surface area contributed by atoms with Gasteiger partial charge < -0.3 is 14.5 Å². The first kappa shape index (κ1) is 19.0. The van der Waals surface area contributed by atoms with Crippen LogP contribution in [-0.2, 0) is 19.1 Å². The average molecular weight is 384 g/mol. The number of fused-ring (bicyclic) bond motifs is 2. The van der Waals surface area contributed by atoms with Gasteiger partial charge in [-0.3, -0.25) is 14.4 Å². The van der Waals surface area contributed by atoms with Crippen molar-refractivity contribution in [2.24, 2.45) is 17.8 Å². The summed E-state index contributed by atoms with van der Waals surface area (Å²) in [5, 5.41) is 0.